The van der Waals surface area contributed by atoms with Crippen molar-refractivity contribution < 1.29 is 14.3 Å². The Labute approximate surface area is 188 Å². The zero-order valence-corrected chi connectivity index (χ0v) is 18.7. The summed E-state index contributed by atoms with van der Waals surface area (Å²) in [5.74, 6) is 0.634. The molecule has 3 heterocycles. The molecule has 0 aliphatic carbocycles. The predicted octanol–water partition coefficient (Wildman–Crippen LogP) is 3.39. The maximum atomic E-state index is 13.1. The average Bonchev–Trinajstić information content (AvgIpc) is 3.51. The van der Waals surface area contributed by atoms with E-state index < -0.39 is 0 Å². The number of piperidine rings is 1. The van der Waals surface area contributed by atoms with E-state index in [1.807, 2.05) is 41.0 Å². The molecule has 172 valence electrons. The lowest BCUT2D eigenvalue weighted by Crippen LogP contribution is -2.46. The number of carbonyl (C=O) groups is 2. The topological polar surface area (TPSA) is 92.6 Å². The Morgan fingerprint density at radius 2 is 1.91 bits per heavy atom. The summed E-state index contributed by atoms with van der Waals surface area (Å²) in [5.41, 5.74) is 1.09. The van der Waals surface area contributed by atoms with Gasteiger partial charge in [0, 0.05) is 32.2 Å². The molecule has 1 N–H and O–H groups in total. The Morgan fingerprint density at radius 1 is 1.12 bits per heavy atom. The maximum Gasteiger partial charge on any atom is 0.322 e. The van der Waals surface area contributed by atoms with Crippen molar-refractivity contribution in [2.75, 3.05) is 31.6 Å². The lowest BCUT2D eigenvalue weighted by molar-refractivity contribution is 0.0787. The molecule has 2 aliphatic rings. The van der Waals surface area contributed by atoms with Gasteiger partial charge in [-0.3, -0.25) is 9.48 Å². The summed E-state index contributed by atoms with van der Waals surface area (Å²) < 4.78 is 7.35. The number of rotatable bonds is 7. The lowest BCUT2D eigenvalue weighted by Gasteiger charge is -2.36. The van der Waals surface area contributed by atoms with Gasteiger partial charge in [-0.1, -0.05) is 17.3 Å². The van der Waals surface area contributed by atoms with Crippen LogP contribution in [0.2, 0.25) is 0 Å². The second-order valence-corrected chi connectivity index (χ2v) is 8.36. The van der Waals surface area contributed by atoms with Gasteiger partial charge in [0.15, 0.2) is 5.69 Å². The quantitative estimate of drug-likeness (QED) is 0.712. The first-order chi connectivity index (χ1) is 15.7. The van der Waals surface area contributed by atoms with Crippen molar-refractivity contribution in [2.45, 2.75) is 58.0 Å². The van der Waals surface area contributed by atoms with E-state index in [1.165, 1.54) is 0 Å². The third-order valence-electron chi connectivity index (χ3n) is 6.16. The van der Waals surface area contributed by atoms with Crippen LogP contribution in [0.4, 0.5) is 10.5 Å². The number of benzene rings is 1. The second kappa shape index (κ2) is 10.5. The summed E-state index contributed by atoms with van der Waals surface area (Å²) in [6, 6.07) is 7.51. The van der Waals surface area contributed by atoms with Crippen LogP contribution >= 0.6 is 0 Å². The summed E-state index contributed by atoms with van der Waals surface area (Å²) in [6.07, 6.45) is 7.64. The van der Waals surface area contributed by atoms with Crippen LogP contribution in [-0.4, -0.2) is 69.0 Å². The fraction of sp³-hybridized carbons (Fsp3) is 0.565. The van der Waals surface area contributed by atoms with Gasteiger partial charge in [-0.2, -0.15) is 0 Å². The number of likely N-dealkylation sites (tertiary alicyclic amines) is 2. The molecular formula is C23H32N6O3. The molecule has 3 amide bonds. The van der Waals surface area contributed by atoms with Crippen LogP contribution in [0.15, 0.2) is 30.5 Å². The third kappa shape index (κ3) is 5.20. The molecule has 1 atom stereocenters. The molecule has 2 aromatic rings. The first kappa shape index (κ1) is 22.1. The van der Waals surface area contributed by atoms with Crippen LogP contribution in [0.1, 0.15) is 55.9 Å². The SMILES string of the molecule is CCOc1ccccc1NC(=O)N1CCCCC1CCn1cc(C(=O)N2CCCC2)nn1. The number of nitrogens with one attached hydrogen (secondary N) is 1. The van der Waals surface area contributed by atoms with Gasteiger partial charge in [-0.15, -0.1) is 5.10 Å². The average molecular weight is 441 g/mol. The van der Waals surface area contributed by atoms with Crippen molar-refractivity contribution in [1.29, 1.82) is 0 Å². The number of aryl methyl sites for hydroxylation is 1. The van der Waals surface area contributed by atoms with Gasteiger partial charge >= 0.3 is 6.03 Å². The zero-order chi connectivity index (χ0) is 22.3. The van der Waals surface area contributed by atoms with E-state index in [1.54, 1.807) is 10.9 Å². The molecule has 0 spiro atoms. The van der Waals surface area contributed by atoms with Crippen molar-refractivity contribution >= 4 is 17.6 Å². The molecule has 2 aliphatic heterocycles. The highest BCUT2D eigenvalue weighted by Crippen LogP contribution is 2.26. The molecule has 0 saturated carbocycles. The molecule has 9 heteroatoms. The number of amides is 3. The van der Waals surface area contributed by atoms with Crippen LogP contribution < -0.4 is 10.1 Å². The molecule has 32 heavy (non-hydrogen) atoms. The Balaban J connectivity index is 1.36. The Hall–Kier alpha value is -3.10. The minimum atomic E-state index is -0.106. The lowest BCUT2D eigenvalue weighted by atomic mass is 10.00. The van der Waals surface area contributed by atoms with Crippen LogP contribution in [0.3, 0.4) is 0 Å². The van der Waals surface area contributed by atoms with Gasteiger partial charge in [-0.25, -0.2) is 4.79 Å². The van der Waals surface area contributed by atoms with Crippen LogP contribution in [0, 0.1) is 0 Å². The third-order valence-corrected chi connectivity index (χ3v) is 6.16. The smallest absolute Gasteiger partial charge is 0.322 e. The first-order valence-electron chi connectivity index (χ1n) is 11.6. The Morgan fingerprint density at radius 3 is 2.72 bits per heavy atom. The molecule has 1 aromatic carbocycles. The monoisotopic (exact) mass is 440 g/mol. The Kier molecular flexibility index (Phi) is 7.24. The highest BCUT2D eigenvalue weighted by molar-refractivity contribution is 5.92. The van der Waals surface area contributed by atoms with Gasteiger partial charge in [0.2, 0.25) is 0 Å². The van der Waals surface area contributed by atoms with E-state index >= 15 is 0 Å². The number of hydrogen-bond donors (Lipinski definition) is 1. The summed E-state index contributed by atoms with van der Waals surface area (Å²) in [4.78, 5) is 29.3. The number of hydrogen-bond acceptors (Lipinski definition) is 5. The van der Waals surface area contributed by atoms with Crippen molar-refractivity contribution in [1.82, 2.24) is 24.8 Å². The number of carbonyl (C=O) groups excluding carboxylic acids is 2. The summed E-state index contributed by atoms with van der Waals surface area (Å²) >= 11 is 0. The van der Waals surface area contributed by atoms with Crippen molar-refractivity contribution in [3.63, 3.8) is 0 Å². The second-order valence-electron chi connectivity index (χ2n) is 8.36. The van der Waals surface area contributed by atoms with Gasteiger partial charge < -0.3 is 19.9 Å². The maximum absolute atomic E-state index is 13.1. The Bertz CT molecular complexity index is 924. The highest BCUT2D eigenvalue weighted by Gasteiger charge is 2.28. The predicted molar refractivity (Wildman–Crippen MR) is 121 cm³/mol. The number of anilines is 1. The summed E-state index contributed by atoms with van der Waals surface area (Å²) in [7, 11) is 0. The largest absolute Gasteiger partial charge is 0.492 e. The molecule has 0 bridgehead atoms. The van der Waals surface area contributed by atoms with E-state index in [4.69, 9.17) is 4.74 Å². The molecule has 4 rings (SSSR count). The van der Waals surface area contributed by atoms with E-state index in [0.717, 1.165) is 58.2 Å². The number of aromatic nitrogens is 3. The molecule has 1 aromatic heterocycles. The van der Waals surface area contributed by atoms with Crippen molar-refractivity contribution in [3.05, 3.63) is 36.2 Å². The molecule has 2 fully saturated rings. The molecule has 2 saturated heterocycles. The van der Waals surface area contributed by atoms with E-state index in [9.17, 15) is 9.59 Å². The van der Waals surface area contributed by atoms with Gasteiger partial charge in [0.05, 0.1) is 18.5 Å². The number of ether oxygens (including phenoxy) is 1. The van der Waals surface area contributed by atoms with Gasteiger partial charge in [-0.05, 0) is 57.6 Å². The molecular weight excluding hydrogens is 408 g/mol. The minimum absolute atomic E-state index is 0.0413. The van der Waals surface area contributed by atoms with Crippen molar-refractivity contribution in [3.8, 4) is 5.75 Å². The van der Waals surface area contributed by atoms with Gasteiger partial charge in [0.1, 0.15) is 5.75 Å². The van der Waals surface area contributed by atoms with E-state index in [2.05, 4.69) is 15.6 Å². The van der Waals surface area contributed by atoms with Crippen LogP contribution in [-0.2, 0) is 6.54 Å². The normalized spacial score (nSPS) is 18.6. The fourth-order valence-electron chi connectivity index (χ4n) is 4.48. The number of urea groups is 1. The number of nitrogens with zero attached hydrogens (tertiary/aromatic N) is 5. The number of para-hydroxylation sites is 2. The van der Waals surface area contributed by atoms with Gasteiger partial charge in [0.25, 0.3) is 5.91 Å². The molecule has 0 radical (unpaired) electrons. The molecule has 1 unspecified atom stereocenters. The standard InChI is InChI=1S/C23H32N6O3/c1-2-32-21-11-4-3-10-19(21)24-23(31)29-15-6-5-9-18(29)12-16-28-17-20(25-26-28)22(30)27-13-7-8-14-27/h3-4,10-11,17-18H,2,5-9,12-16H2,1H3,(H,24,31). The molecule has 9 nitrogen and oxygen atoms in total. The summed E-state index contributed by atoms with van der Waals surface area (Å²) in [6.45, 7) is 5.40. The minimum Gasteiger partial charge on any atom is -0.492 e. The summed E-state index contributed by atoms with van der Waals surface area (Å²) in [5, 5.41) is 11.2. The van der Waals surface area contributed by atoms with Crippen molar-refractivity contribution in [2.24, 2.45) is 0 Å². The first-order valence-corrected chi connectivity index (χ1v) is 11.6. The van der Waals surface area contributed by atoms with Crippen LogP contribution in [0.25, 0.3) is 0 Å². The van der Waals surface area contributed by atoms with Crippen LogP contribution in [0.5, 0.6) is 5.75 Å². The fourth-order valence-corrected chi connectivity index (χ4v) is 4.48. The van der Waals surface area contributed by atoms with E-state index in [0.29, 0.717) is 30.3 Å². The zero-order valence-electron chi connectivity index (χ0n) is 18.7. The highest BCUT2D eigenvalue weighted by atomic mass is 16.5. The van der Waals surface area contributed by atoms with E-state index in [-0.39, 0.29) is 18.0 Å².